The van der Waals surface area contributed by atoms with Crippen LogP contribution in [0.2, 0.25) is 0 Å². The van der Waals surface area contributed by atoms with Gasteiger partial charge in [0.15, 0.2) is 49.2 Å². The molecule has 1 amide bonds. The molecule has 0 aromatic carbocycles. The van der Waals surface area contributed by atoms with E-state index in [9.17, 15) is 33.6 Å². The Balaban J connectivity index is 1.24. The highest BCUT2D eigenvalue weighted by Gasteiger charge is 2.73. The zero-order valence-electron chi connectivity index (χ0n) is 45.8. The molecule has 20 atom stereocenters. The lowest BCUT2D eigenvalue weighted by Crippen LogP contribution is -2.69. The number of nitrogens with one attached hydrogen (secondary N) is 1. The first-order valence-electron chi connectivity index (χ1n) is 26.9. The molecule has 5 saturated carbocycles. The van der Waals surface area contributed by atoms with Crippen LogP contribution in [-0.4, -0.2) is 129 Å². The lowest BCUT2D eigenvalue weighted by molar-refractivity contribution is -0.367. The molecule has 3 N–H and O–H groups in total. The van der Waals surface area contributed by atoms with Crippen molar-refractivity contribution in [1.29, 1.82) is 0 Å². The molecule has 7 rings (SSSR count). The van der Waals surface area contributed by atoms with E-state index in [0.29, 0.717) is 25.4 Å². The third-order valence-electron chi connectivity index (χ3n) is 19.5. The van der Waals surface area contributed by atoms with E-state index in [2.05, 4.69) is 46.5 Å². The van der Waals surface area contributed by atoms with Crippen LogP contribution in [0.5, 0.6) is 0 Å². The van der Waals surface area contributed by atoms with Gasteiger partial charge in [-0.3, -0.25) is 33.6 Å². The Labute approximate surface area is 436 Å². The summed E-state index contributed by atoms with van der Waals surface area (Å²) in [7, 11) is 0. The SMILES string of the molecule is C=C(C)[C@@H]1CC[C@]2(C(=O)NCCN)CC[C@]3(C)C(CCC4[C@@]5(C)CC[C@H](O[C@@H]6OC[C@H](OC(C)=O)[C@H](OC(C)=O)[C@H]6O[C@@H]6O[C@@H](C)[C@H](OC(C)=O)[C@@H](OC(C)=O)[C@H]6OC(C)=O)[C@@](C)(COC(C)=O)C5CC[C@]43C)C12. The summed E-state index contributed by atoms with van der Waals surface area (Å²) in [5, 5.41) is 3.22. The van der Waals surface area contributed by atoms with Crippen LogP contribution in [0, 0.1) is 56.7 Å². The van der Waals surface area contributed by atoms with Crippen LogP contribution < -0.4 is 11.1 Å². The molecular formula is C55H84N2O17. The number of fused-ring (bicyclic) bond motifs is 7. The molecule has 0 radical (unpaired) electrons. The van der Waals surface area contributed by atoms with E-state index in [1.807, 2.05) is 0 Å². The van der Waals surface area contributed by atoms with Crippen molar-refractivity contribution in [2.24, 2.45) is 62.4 Å². The average molecular weight is 1050 g/mol. The monoisotopic (exact) mass is 1040 g/mol. The van der Waals surface area contributed by atoms with E-state index in [1.165, 1.54) is 27.7 Å². The van der Waals surface area contributed by atoms with Gasteiger partial charge in [0.05, 0.1) is 30.8 Å². The van der Waals surface area contributed by atoms with Crippen molar-refractivity contribution in [3.63, 3.8) is 0 Å². The van der Waals surface area contributed by atoms with Gasteiger partial charge in [-0.25, -0.2) is 0 Å². The number of carbonyl (C=O) groups is 7. The van der Waals surface area contributed by atoms with Crippen LogP contribution in [0.15, 0.2) is 12.2 Å². The smallest absolute Gasteiger partial charge is 0.303 e. The van der Waals surface area contributed by atoms with Crippen LogP contribution in [-0.2, 0) is 80.9 Å². The summed E-state index contributed by atoms with van der Waals surface area (Å²) in [5.74, 6) is -3.05. The predicted octanol–water partition coefficient (Wildman–Crippen LogP) is 5.79. The van der Waals surface area contributed by atoms with Crippen LogP contribution in [0.25, 0.3) is 0 Å². The van der Waals surface area contributed by atoms with E-state index in [0.717, 1.165) is 77.2 Å². The Morgan fingerprint density at radius 1 is 0.622 bits per heavy atom. The van der Waals surface area contributed by atoms with E-state index < -0.39 is 108 Å². The molecule has 7 aliphatic rings. The standard InChI is InChI=1S/C55H84N2O17/c1-28(2)36-16-21-55(50(64)57-25-24-56)23-22-53(12)37(42(36)55)14-15-40-51(10)19-18-41(52(11,27-66-30(4)58)39(51)17-20-54(40,53)13)73-48-46(44(70-33(7)61)38(26-65-48)68-31(5)59)74-49-47(72-35(9)63)45(71-34(8)62)43(29(3)67-49)69-32(6)60/h29,36-49H,1,14-27,56H2,2-13H3,(H,57,64)/t29-,36-,37?,38-,39?,40?,41-,42?,43-,44-,45+,46+,47+,48-,49-,51-,52-,53+,54+,55-/m0/s1. The molecule has 2 aliphatic heterocycles. The van der Waals surface area contributed by atoms with Crippen LogP contribution in [0.4, 0.5) is 0 Å². The van der Waals surface area contributed by atoms with Crippen molar-refractivity contribution in [2.45, 2.75) is 209 Å². The summed E-state index contributed by atoms with van der Waals surface area (Å²) < 4.78 is 61.1. The van der Waals surface area contributed by atoms with Gasteiger partial charge in [-0.1, -0.05) is 39.8 Å². The lowest BCUT2D eigenvalue weighted by atomic mass is 9.32. The molecule has 0 aromatic rings. The Bertz CT molecular complexity index is 2170. The highest BCUT2D eigenvalue weighted by molar-refractivity contribution is 5.84. The number of hydrogen-bond donors (Lipinski definition) is 2. The molecule has 2 heterocycles. The molecule has 19 nitrogen and oxygen atoms in total. The number of ether oxygens (including phenoxy) is 10. The van der Waals surface area contributed by atoms with Gasteiger partial charge < -0.3 is 58.4 Å². The molecular weight excluding hydrogens is 961 g/mol. The fourth-order valence-corrected chi connectivity index (χ4v) is 16.4. The second kappa shape index (κ2) is 22.1. The van der Waals surface area contributed by atoms with Gasteiger partial charge in [-0.15, -0.1) is 0 Å². The lowest BCUT2D eigenvalue weighted by Gasteiger charge is -2.73. The number of allylic oxidation sites excluding steroid dienone is 1. The maximum absolute atomic E-state index is 14.3. The fraction of sp³-hybridized carbons (Fsp3) is 0.836. The first-order valence-corrected chi connectivity index (χ1v) is 26.9. The second-order valence-electron chi connectivity index (χ2n) is 23.8. The number of hydrogen-bond acceptors (Lipinski definition) is 18. The minimum absolute atomic E-state index is 0.0229. The third kappa shape index (κ3) is 10.5. The number of nitrogens with two attached hydrogens (primary N) is 1. The minimum Gasteiger partial charge on any atom is -0.465 e. The van der Waals surface area contributed by atoms with Crippen molar-refractivity contribution in [1.82, 2.24) is 5.32 Å². The van der Waals surface area contributed by atoms with Gasteiger partial charge in [0.1, 0.15) is 0 Å². The predicted molar refractivity (Wildman–Crippen MR) is 264 cm³/mol. The normalized spacial score (nSPS) is 43.3. The van der Waals surface area contributed by atoms with E-state index in [-0.39, 0.29) is 59.0 Å². The Morgan fingerprint density at radius 3 is 1.85 bits per heavy atom. The molecule has 19 heteroatoms. The van der Waals surface area contributed by atoms with Gasteiger partial charge in [-0.2, -0.15) is 0 Å². The summed E-state index contributed by atoms with van der Waals surface area (Å²) in [6.45, 7) is 25.5. The van der Waals surface area contributed by atoms with Crippen molar-refractivity contribution in [3.05, 3.63) is 12.2 Å². The van der Waals surface area contributed by atoms with Crippen molar-refractivity contribution in [3.8, 4) is 0 Å². The molecule has 0 bridgehead atoms. The van der Waals surface area contributed by atoms with E-state index >= 15 is 0 Å². The van der Waals surface area contributed by atoms with Crippen LogP contribution in [0.3, 0.4) is 0 Å². The van der Waals surface area contributed by atoms with Gasteiger partial charge in [0, 0.05) is 60.0 Å². The highest BCUT2D eigenvalue weighted by Crippen LogP contribution is 2.77. The van der Waals surface area contributed by atoms with Crippen LogP contribution in [0.1, 0.15) is 147 Å². The maximum atomic E-state index is 14.3. The van der Waals surface area contributed by atoms with E-state index in [4.69, 9.17) is 53.1 Å². The zero-order valence-corrected chi connectivity index (χ0v) is 45.8. The third-order valence-corrected chi connectivity index (χ3v) is 19.5. The molecule has 0 aromatic heterocycles. The summed E-state index contributed by atoms with van der Waals surface area (Å²) in [4.78, 5) is 90.3. The molecule has 0 spiro atoms. The Hall–Kier alpha value is -4.17. The molecule has 5 aliphatic carbocycles. The average Bonchev–Trinajstić information content (AvgIpc) is 3.71. The topological polar surface area (TPSA) is 250 Å². The fourth-order valence-electron chi connectivity index (χ4n) is 16.4. The number of amides is 1. The van der Waals surface area contributed by atoms with Crippen LogP contribution >= 0.6 is 0 Å². The maximum Gasteiger partial charge on any atom is 0.303 e. The van der Waals surface area contributed by atoms with Gasteiger partial charge in [0.25, 0.3) is 0 Å². The highest BCUT2D eigenvalue weighted by atomic mass is 16.8. The molecule has 7 fully saturated rings. The largest absolute Gasteiger partial charge is 0.465 e. The summed E-state index contributed by atoms with van der Waals surface area (Å²) in [6, 6.07) is 0. The Kier molecular flexibility index (Phi) is 17.1. The van der Waals surface area contributed by atoms with Crippen molar-refractivity contribution in [2.75, 3.05) is 26.3 Å². The van der Waals surface area contributed by atoms with Gasteiger partial charge in [0.2, 0.25) is 5.91 Å². The van der Waals surface area contributed by atoms with E-state index in [1.54, 1.807) is 6.92 Å². The van der Waals surface area contributed by atoms with Crippen molar-refractivity contribution >= 4 is 41.7 Å². The second-order valence-corrected chi connectivity index (χ2v) is 23.8. The van der Waals surface area contributed by atoms with Gasteiger partial charge >= 0.3 is 35.8 Å². The zero-order chi connectivity index (χ0) is 54.5. The summed E-state index contributed by atoms with van der Waals surface area (Å²) >= 11 is 0. The number of carbonyl (C=O) groups excluding carboxylic acids is 7. The molecule has 74 heavy (non-hydrogen) atoms. The first kappa shape index (κ1) is 57.5. The first-order chi connectivity index (χ1) is 34.7. The van der Waals surface area contributed by atoms with Gasteiger partial charge in [-0.05, 0) is 124 Å². The number of rotatable bonds is 15. The molecule has 416 valence electrons. The minimum atomic E-state index is -1.59. The Morgan fingerprint density at radius 2 is 1.24 bits per heavy atom. The summed E-state index contributed by atoms with van der Waals surface area (Å²) in [6.07, 6.45) is -4.41. The molecule has 2 saturated heterocycles. The van der Waals surface area contributed by atoms with Crippen molar-refractivity contribution < 1.29 is 80.9 Å². The quantitative estimate of drug-likeness (QED) is 0.0852. The summed E-state index contributed by atoms with van der Waals surface area (Å²) in [5.41, 5.74) is 5.35. The molecule has 4 unspecified atom stereocenters. The number of esters is 6.